The van der Waals surface area contributed by atoms with Crippen molar-refractivity contribution in [2.24, 2.45) is 0 Å². The van der Waals surface area contributed by atoms with Gasteiger partial charge in [-0.3, -0.25) is 4.79 Å². The van der Waals surface area contributed by atoms with Gasteiger partial charge in [0.2, 0.25) is 10.0 Å². The summed E-state index contributed by atoms with van der Waals surface area (Å²) < 4.78 is 73.0. The SMILES string of the molecule is CN(C)S(=O)(=O)c1ccccc1C(=O)N1CCC(Oc2cccc(OC(F)(F)F)c2)CC1. The summed E-state index contributed by atoms with van der Waals surface area (Å²) in [7, 11) is -0.997. The van der Waals surface area contributed by atoms with Gasteiger partial charge in [-0.1, -0.05) is 18.2 Å². The number of ether oxygens (including phenoxy) is 2. The molecule has 1 saturated heterocycles. The summed E-state index contributed by atoms with van der Waals surface area (Å²) in [6.45, 7) is 0.636. The molecule has 2 aromatic carbocycles. The van der Waals surface area contributed by atoms with Gasteiger partial charge in [0, 0.05) is 46.1 Å². The molecule has 0 unspecified atom stereocenters. The van der Waals surface area contributed by atoms with Crippen LogP contribution in [0.5, 0.6) is 11.5 Å². The van der Waals surface area contributed by atoms with E-state index in [1.54, 1.807) is 17.0 Å². The molecule has 1 aliphatic heterocycles. The Hall–Kier alpha value is -2.79. The molecule has 0 bridgehead atoms. The zero-order valence-electron chi connectivity index (χ0n) is 17.5. The number of nitrogens with zero attached hydrogens (tertiary/aromatic N) is 2. The van der Waals surface area contributed by atoms with Crippen LogP contribution < -0.4 is 9.47 Å². The quantitative estimate of drug-likeness (QED) is 0.643. The predicted octanol–water partition coefficient (Wildman–Crippen LogP) is 3.52. The Kier molecular flexibility index (Phi) is 6.99. The number of hydrogen-bond donors (Lipinski definition) is 0. The molecule has 174 valence electrons. The number of halogens is 3. The summed E-state index contributed by atoms with van der Waals surface area (Å²) in [6.07, 6.45) is -4.21. The molecule has 0 radical (unpaired) electrons. The summed E-state index contributed by atoms with van der Waals surface area (Å²) in [6, 6.07) is 11.3. The van der Waals surface area contributed by atoms with Crippen molar-refractivity contribution in [2.45, 2.75) is 30.2 Å². The van der Waals surface area contributed by atoms with E-state index in [0.29, 0.717) is 25.9 Å². The summed E-state index contributed by atoms with van der Waals surface area (Å²) in [5.74, 6) is -0.537. The molecule has 1 fully saturated rings. The van der Waals surface area contributed by atoms with E-state index in [0.717, 1.165) is 10.4 Å². The minimum absolute atomic E-state index is 0.0603. The van der Waals surface area contributed by atoms with Crippen molar-refractivity contribution in [3.63, 3.8) is 0 Å². The van der Waals surface area contributed by atoms with Crippen LogP contribution in [0.4, 0.5) is 13.2 Å². The number of alkyl halides is 3. The van der Waals surface area contributed by atoms with Gasteiger partial charge in [0.15, 0.2) is 0 Å². The van der Waals surface area contributed by atoms with Crippen LogP contribution >= 0.6 is 0 Å². The molecule has 7 nitrogen and oxygen atoms in total. The van der Waals surface area contributed by atoms with Crippen LogP contribution in [0.1, 0.15) is 23.2 Å². The molecule has 0 N–H and O–H groups in total. The first-order valence-corrected chi connectivity index (χ1v) is 11.2. The average molecular weight is 472 g/mol. The lowest BCUT2D eigenvalue weighted by atomic mass is 10.1. The number of piperidine rings is 1. The maximum atomic E-state index is 13.0. The molecule has 0 aromatic heterocycles. The van der Waals surface area contributed by atoms with Crippen LogP contribution in [-0.4, -0.2) is 63.2 Å². The molecule has 0 atom stereocenters. The summed E-state index contributed by atoms with van der Waals surface area (Å²) in [5, 5.41) is 0. The third-order valence-electron chi connectivity index (χ3n) is 4.95. The molecule has 1 heterocycles. The Bertz CT molecular complexity index is 1070. The molecule has 0 saturated carbocycles. The molecule has 3 rings (SSSR count). The van der Waals surface area contributed by atoms with Crippen LogP contribution in [-0.2, 0) is 10.0 Å². The Labute approximate surface area is 184 Å². The largest absolute Gasteiger partial charge is 0.573 e. The van der Waals surface area contributed by atoms with Gasteiger partial charge in [-0.05, 0) is 24.3 Å². The normalized spacial score (nSPS) is 15.6. The number of benzene rings is 2. The van der Waals surface area contributed by atoms with Gasteiger partial charge in [-0.15, -0.1) is 13.2 Å². The fraction of sp³-hybridized carbons (Fsp3) is 0.381. The average Bonchev–Trinajstić information content (AvgIpc) is 2.73. The highest BCUT2D eigenvalue weighted by Gasteiger charge is 2.32. The lowest BCUT2D eigenvalue weighted by molar-refractivity contribution is -0.274. The van der Waals surface area contributed by atoms with E-state index in [1.807, 2.05) is 0 Å². The topological polar surface area (TPSA) is 76.2 Å². The van der Waals surface area contributed by atoms with E-state index in [2.05, 4.69) is 4.74 Å². The van der Waals surface area contributed by atoms with Gasteiger partial charge in [0.1, 0.15) is 17.6 Å². The molecule has 1 amide bonds. The van der Waals surface area contributed by atoms with E-state index in [1.165, 1.54) is 44.4 Å². The Morgan fingerprint density at radius 2 is 1.66 bits per heavy atom. The number of sulfonamides is 1. The van der Waals surface area contributed by atoms with Crippen molar-refractivity contribution in [2.75, 3.05) is 27.2 Å². The fourth-order valence-electron chi connectivity index (χ4n) is 3.35. The van der Waals surface area contributed by atoms with Crippen molar-refractivity contribution in [3.05, 3.63) is 54.1 Å². The maximum absolute atomic E-state index is 13.0. The number of hydrogen-bond acceptors (Lipinski definition) is 5. The standard InChI is InChI=1S/C21H23F3N2O5S/c1-25(2)32(28,29)19-9-4-3-8-18(19)20(27)26-12-10-15(11-13-26)30-16-6-5-7-17(14-16)31-21(22,23)24/h3-9,14-15H,10-13H2,1-2H3. The number of amides is 1. The molecule has 32 heavy (non-hydrogen) atoms. The predicted molar refractivity (Wildman–Crippen MR) is 110 cm³/mol. The second-order valence-corrected chi connectivity index (χ2v) is 9.54. The lowest BCUT2D eigenvalue weighted by Gasteiger charge is -2.32. The second kappa shape index (κ2) is 9.37. The zero-order chi connectivity index (χ0) is 23.5. The summed E-state index contributed by atoms with van der Waals surface area (Å²) >= 11 is 0. The highest BCUT2D eigenvalue weighted by Crippen LogP contribution is 2.28. The molecular weight excluding hydrogens is 449 g/mol. The first-order chi connectivity index (χ1) is 15.0. The third kappa shape index (κ3) is 5.71. The maximum Gasteiger partial charge on any atom is 0.573 e. The minimum atomic E-state index is -4.79. The molecular formula is C21H23F3N2O5S. The molecule has 0 aliphatic carbocycles. The molecule has 2 aromatic rings. The van der Waals surface area contributed by atoms with Gasteiger partial charge in [-0.25, -0.2) is 12.7 Å². The Morgan fingerprint density at radius 1 is 1.03 bits per heavy atom. The van der Waals surface area contributed by atoms with Gasteiger partial charge < -0.3 is 14.4 Å². The monoisotopic (exact) mass is 472 g/mol. The van der Waals surface area contributed by atoms with Gasteiger partial charge in [0.05, 0.1) is 10.5 Å². The van der Waals surface area contributed by atoms with Crippen molar-refractivity contribution in [1.82, 2.24) is 9.21 Å². The van der Waals surface area contributed by atoms with Crippen LogP contribution in [0.25, 0.3) is 0 Å². The molecule has 0 spiro atoms. The number of carbonyl (C=O) groups is 1. The van der Waals surface area contributed by atoms with Crippen molar-refractivity contribution in [3.8, 4) is 11.5 Å². The number of likely N-dealkylation sites (tertiary alicyclic amines) is 1. The number of carbonyl (C=O) groups excluding carboxylic acids is 1. The van der Waals surface area contributed by atoms with E-state index < -0.39 is 22.3 Å². The van der Waals surface area contributed by atoms with Crippen molar-refractivity contribution < 1.29 is 35.9 Å². The van der Waals surface area contributed by atoms with E-state index in [9.17, 15) is 26.4 Å². The Balaban J connectivity index is 1.65. The first kappa shape index (κ1) is 23.9. The van der Waals surface area contributed by atoms with Gasteiger partial charge in [0.25, 0.3) is 5.91 Å². The smallest absolute Gasteiger partial charge is 0.490 e. The van der Waals surface area contributed by atoms with Crippen LogP contribution in [0.2, 0.25) is 0 Å². The van der Waals surface area contributed by atoms with E-state index >= 15 is 0 Å². The highest BCUT2D eigenvalue weighted by molar-refractivity contribution is 7.89. The van der Waals surface area contributed by atoms with Crippen molar-refractivity contribution in [1.29, 1.82) is 0 Å². The molecule has 11 heteroatoms. The van der Waals surface area contributed by atoms with Crippen molar-refractivity contribution >= 4 is 15.9 Å². The molecule has 1 aliphatic rings. The zero-order valence-corrected chi connectivity index (χ0v) is 18.3. The summed E-state index contributed by atoms with van der Waals surface area (Å²) in [4.78, 5) is 14.5. The van der Waals surface area contributed by atoms with E-state index in [-0.39, 0.29) is 28.1 Å². The van der Waals surface area contributed by atoms with Crippen LogP contribution in [0, 0.1) is 0 Å². The Morgan fingerprint density at radius 3 is 2.28 bits per heavy atom. The van der Waals surface area contributed by atoms with E-state index in [4.69, 9.17) is 4.74 Å². The minimum Gasteiger partial charge on any atom is -0.490 e. The summed E-state index contributed by atoms with van der Waals surface area (Å²) in [5.41, 5.74) is 0.0950. The third-order valence-corrected chi connectivity index (χ3v) is 6.82. The lowest BCUT2D eigenvalue weighted by Crippen LogP contribution is -2.42. The highest BCUT2D eigenvalue weighted by atomic mass is 32.2. The first-order valence-electron chi connectivity index (χ1n) is 9.80. The van der Waals surface area contributed by atoms with Crippen LogP contribution in [0.15, 0.2) is 53.4 Å². The van der Waals surface area contributed by atoms with Crippen LogP contribution in [0.3, 0.4) is 0 Å². The number of rotatable bonds is 6. The second-order valence-electron chi connectivity index (χ2n) is 7.42. The van der Waals surface area contributed by atoms with Gasteiger partial charge in [-0.2, -0.15) is 0 Å². The fourth-order valence-corrected chi connectivity index (χ4v) is 4.43. The van der Waals surface area contributed by atoms with Gasteiger partial charge >= 0.3 is 6.36 Å².